The van der Waals surface area contributed by atoms with Gasteiger partial charge < -0.3 is 10.2 Å². The second kappa shape index (κ2) is 4.57. The predicted molar refractivity (Wildman–Crippen MR) is 66.1 cm³/mol. The molecule has 4 nitrogen and oxygen atoms in total. The fraction of sp³-hybridized carbons (Fsp3) is 0.636. The van der Waals surface area contributed by atoms with Gasteiger partial charge in [-0.1, -0.05) is 29.4 Å². The van der Waals surface area contributed by atoms with E-state index < -0.39 is 11.6 Å². The Morgan fingerprint density at radius 2 is 2.12 bits per heavy atom. The number of halogens is 1. The van der Waals surface area contributed by atoms with E-state index in [0.717, 1.165) is 0 Å². The van der Waals surface area contributed by atoms with Crippen molar-refractivity contribution in [3.63, 3.8) is 0 Å². The molecule has 0 radical (unpaired) electrons. The van der Waals surface area contributed by atoms with Gasteiger partial charge in [0.25, 0.3) is 0 Å². The third kappa shape index (κ3) is 2.45. The Balaban J connectivity index is 3.00. The van der Waals surface area contributed by atoms with Crippen molar-refractivity contribution in [2.75, 3.05) is 6.54 Å². The molecule has 0 aromatic rings. The molecule has 1 unspecified atom stereocenters. The standard InChI is InChI=1S/C11H17BrN2O2/c1-5-8-9(15)13-11(3,4)10(16)14(8)6-7(2)12/h8H,2,5-6H2,1,3-4H3,(H,13,15). The van der Waals surface area contributed by atoms with Crippen molar-refractivity contribution in [1.29, 1.82) is 0 Å². The van der Waals surface area contributed by atoms with E-state index in [0.29, 0.717) is 17.4 Å². The minimum atomic E-state index is -0.828. The molecule has 90 valence electrons. The van der Waals surface area contributed by atoms with Gasteiger partial charge in [0.15, 0.2) is 0 Å². The van der Waals surface area contributed by atoms with E-state index in [2.05, 4.69) is 27.8 Å². The summed E-state index contributed by atoms with van der Waals surface area (Å²) in [6.07, 6.45) is 0.605. The average Bonchev–Trinajstić information content (AvgIpc) is 2.13. The summed E-state index contributed by atoms with van der Waals surface area (Å²) in [5, 5.41) is 2.73. The highest BCUT2D eigenvalue weighted by molar-refractivity contribution is 9.11. The highest BCUT2D eigenvalue weighted by atomic mass is 79.9. The first-order chi connectivity index (χ1) is 7.29. The van der Waals surface area contributed by atoms with Gasteiger partial charge in [-0.05, 0) is 20.3 Å². The van der Waals surface area contributed by atoms with Crippen molar-refractivity contribution in [3.05, 3.63) is 11.1 Å². The number of piperazine rings is 1. The monoisotopic (exact) mass is 288 g/mol. The number of amides is 2. The molecule has 0 aromatic carbocycles. The molecule has 1 rings (SSSR count). The summed E-state index contributed by atoms with van der Waals surface area (Å²) in [7, 11) is 0. The summed E-state index contributed by atoms with van der Waals surface area (Å²) in [6.45, 7) is 9.40. The van der Waals surface area contributed by atoms with Crippen LogP contribution in [0.5, 0.6) is 0 Å². The predicted octanol–water partition coefficient (Wildman–Crippen LogP) is 1.41. The molecule has 1 heterocycles. The molecule has 16 heavy (non-hydrogen) atoms. The maximum absolute atomic E-state index is 12.1. The molecule has 1 atom stereocenters. The summed E-state index contributed by atoms with van der Waals surface area (Å²) >= 11 is 3.23. The third-order valence-electron chi connectivity index (χ3n) is 2.64. The number of nitrogens with one attached hydrogen (secondary N) is 1. The van der Waals surface area contributed by atoms with Crippen LogP contribution in [0, 0.1) is 0 Å². The summed E-state index contributed by atoms with van der Waals surface area (Å²) < 4.78 is 0.699. The first-order valence-electron chi connectivity index (χ1n) is 5.26. The molecule has 1 fully saturated rings. The van der Waals surface area contributed by atoms with Crippen molar-refractivity contribution in [2.45, 2.75) is 38.8 Å². The smallest absolute Gasteiger partial charge is 0.248 e. The topological polar surface area (TPSA) is 49.4 Å². The zero-order valence-electron chi connectivity index (χ0n) is 9.84. The molecule has 0 bridgehead atoms. The maximum atomic E-state index is 12.1. The maximum Gasteiger partial charge on any atom is 0.248 e. The molecule has 1 N–H and O–H groups in total. The minimum Gasteiger partial charge on any atom is -0.340 e. The molecule has 0 aromatic heterocycles. The van der Waals surface area contributed by atoms with Gasteiger partial charge in [-0.2, -0.15) is 0 Å². The van der Waals surface area contributed by atoms with Gasteiger partial charge in [0.2, 0.25) is 11.8 Å². The van der Waals surface area contributed by atoms with Crippen LogP contribution in [0.1, 0.15) is 27.2 Å². The van der Waals surface area contributed by atoms with E-state index >= 15 is 0 Å². The number of carbonyl (C=O) groups excluding carboxylic acids is 2. The molecule has 1 saturated heterocycles. The van der Waals surface area contributed by atoms with Gasteiger partial charge in [0.1, 0.15) is 11.6 Å². The SMILES string of the molecule is C=C(Br)CN1C(=O)C(C)(C)NC(=O)C1CC. The molecule has 1 aliphatic heterocycles. The van der Waals surface area contributed by atoms with Crippen LogP contribution < -0.4 is 5.32 Å². The molecule has 0 aliphatic carbocycles. The van der Waals surface area contributed by atoms with Crippen LogP contribution in [0.25, 0.3) is 0 Å². The largest absolute Gasteiger partial charge is 0.340 e. The lowest BCUT2D eigenvalue weighted by Crippen LogP contribution is -2.68. The van der Waals surface area contributed by atoms with Gasteiger partial charge in [-0.15, -0.1) is 0 Å². The fourth-order valence-electron chi connectivity index (χ4n) is 1.86. The third-order valence-corrected chi connectivity index (χ3v) is 2.89. The Hall–Kier alpha value is -0.840. The molecule has 1 aliphatic rings. The van der Waals surface area contributed by atoms with E-state index in [1.807, 2.05) is 6.92 Å². The Kier molecular flexibility index (Phi) is 3.78. The second-order valence-electron chi connectivity index (χ2n) is 4.49. The van der Waals surface area contributed by atoms with Crippen molar-refractivity contribution < 1.29 is 9.59 Å². The van der Waals surface area contributed by atoms with Crippen LogP contribution in [0.4, 0.5) is 0 Å². The summed E-state index contributed by atoms with van der Waals surface area (Å²) in [5.41, 5.74) is -0.828. The summed E-state index contributed by atoms with van der Waals surface area (Å²) in [6, 6.07) is -0.394. The van der Waals surface area contributed by atoms with Crippen LogP contribution in [-0.4, -0.2) is 34.8 Å². The van der Waals surface area contributed by atoms with Crippen molar-refractivity contribution >= 4 is 27.7 Å². The van der Waals surface area contributed by atoms with Crippen LogP contribution in [0.15, 0.2) is 11.1 Å². The first-order valence-corrected chi connectivity index (χ1v) is 6.05. The number of hydrogen-bond acceptors (Lipinski definition) is 2. The molecule has 0 spiro atoms. The number of rotatable bonds is 3. The normalized spacial score (nSPS) is 24.2. The lowest BCUT2D eigenvalue weighted by Gasteiger charge is -2.42. The Labute approximate surface area is 104 Å². The van der Waals surface area contributed by atoms with Crippen LogP contribution in [-0.2, 0) is 9.59 Å². The van der Waals surface area contributed by atoms with Gasteiger partial charge in [-0.25, -0.2) is 0 Å². The van der Waals surface area contributed by atoms with Crippen molar-refractivity contribution in [1.82, 2.24) is 10.2 Å². The van der Waals surface area contributed by atoms with Crippen LogP contribution >= 0.6 is 15.9 Å². The lowest BCUT2D eigenvalue weighted by atomic mass is 9.96. The Bertz CT molecular complexity index is 339. The molecular weight excluding hydrogens is 272 g/mol. The van der Waals surface area contributed by atoms with Gasteiger partial charge in [-0.3, -0.25) is 9.59 Å². The Morgan fingerprint density at radius 1 is 1.56 bits per heavy atom. The molecule has 2 amide bonds. The van der Waals surface area contributed by atoms with Gasteiger partial charge >= 0.3 is 0 Å². The van der Waals surface area contributed by atoms with E-state index in [1.165, 1.54) is 0 Å². The number of nitrogens with zero attached hydrogens (tertiary/aromatic N) is 1. The summed E-state index contributed by atoms with van der Waals surface area (Å²) in [5.74, 6) is -0.166. The van der Waals surface area contributed by atoms with E-state index in [-0.39, 0.29) is 11.8 Å². The minimum absolute atomic E-state index is 0.0699. The summed E-state index contributed by atoms with van der Waals surface area (Å²) in [4.78, 5) is 25.6. The highest BCUT2D eigenvalue weighted by Crippen LogP contribution is 2.21. The molecule has 5 heteroatoms. The fourth-order valence-corrected chi connectivity index (χ4v) is 2.13. The van der Waals surface area contributed by atoms with Gasteiger partial charge in [0.05, 0.1) is 6.54 Å². The lowest BCUT2D eigenvalue weighted by molar-refractivity contribution is -0.152. The van der Waals surface area contributed by atoms with Crippen LogP contribution in [0.3, 0.4) is 0 Å². The zero-order valence-corrected chi connectivity index (χ0v) is 11.4. The first kappa shape index (κ1) is 13.2. The number of hydrogen-bond donors (Lipinski definition) is 1. The number of carbonyl (C=O) groups is 2. The van der Waals surface area contributed by atoms with Gasteiger partial charge in [0, 0.05) is 4.48 Å². The highest BCUT2D eigenvalue weighted by Gasteiger charge is 2.44. The quantitative estimate of drug-likeness (QED) is 0.854. The van der Waals surface area contributed by atoms with E-state index in [1.54, 1.807) is 18.7 Å². The molecular formula is C11H17BrN2O2. The van der Waals surface area contributed by atoms with E-state index in [9.17, 15) is 9.59 Å². The second-order valence-corrected chi connectivity index (χ2v) is 5.61. The molecule has 0 saturated carbocycles. The van der Waals surface area contributed by atoms with Crippen molar-refractivity contribution in [2.24, 2.45) is 0 Å². The van der Waals surface area contributed by atoms with E-state index in [4.69, 9.17) is 0 Å². The van der Waals surface area contributed by atoms with Crippen LogP contribution in [0.2, 0.25) is 0 Å². The van der Waals surface area contributed by atoms with Crippen molar-refractivity contribution in [3.8, 4) is 0 Å². The zero-order chi connectivity index (χ0) is 12.5. The Morgan fingerprint density at radius 3 is 2.56 bits per heavy atom. The average molecular weight is 289 g/mol.